The first kappa shape index (κ1) is 16.9. The third kappa shape index (κ3) is 3.94. The summed E-state index contributed by atoms with van der Waals surface area (Å²) in [6, 6.07) is 9.87. The normalized spacial score (nSPS) is 25.0. The predicted octanol–water partition coefficient (Wildman–Crippen LogP) is 0.909. The van der Waals surface area contributed by atoms with E-state index in [-0.39, 0.29) is 30.4 Å². The summed E-state index contributed by atoms with van der Waals surface area (Å²) in [7, 11) is 1.63. The van der Waals surface area contributed by atoms with Gasteiger partial charge in [0, 0.05) is 33.4 Å². The second kappa shape index (κ2) is 7.77. The summed E-state index contributed by atoms with van der Waals surface area (Å²) in [6.45, 7) is 2.66. The van der Waals surface area contributed by atoms with Crippen molar-refractivity contribution < 1.29 is 19.1 Å². The summed E-state index contributed by atoms with van der Waals surface area (Å²) in [4.78, 5) is 28.7. The predicted molar refractivity (Wildman–Crippen MR) is 88.2 cm³/mol. The Morgan fingerprint density at radius 2 is 2.08 bits per heavy atom. The molecule has 0 spiro atoms. The van der Waals surface area contributed by atoms with Crippen LogP contribution in [0.2, 0.25) is 0 Å². The van der Waals surface area contributed by atoms with Crippen LogP contribution in [0.4, 0.5) is 0 Å². The highest BCUT2D eigenvalue weighted by atomic mass is 16.5. The summed E-state index contributed by atoms with van der Waals surface area (Å²) < 4.78 is 10.8. The quantitative estimate of drug-likeness (QED) is 0.822. The molecule has 130 valence electrons. The van der Waals surface area contributed by atoms with Crippen LogP contribution in [0.15, 0.2) is 30.3 Å². The number of rotatable bonds is 4. The number of ether oxygens (including phenoxy) is 2. The largest absolute Gasteiger partial charge is 0.381 e. The second-order valence-electron chi connectivity index (χ2n) is 6.40. The van der Waals surface area contributed by atoms with Crippen LogP contribution in [0.5, 0.6) is 0 Å². The Bertz CT molecular complexity index is 572. The maximum atomic E-state index is 12.7. The van der Waals surface area contributed by atoms with Gasteiger partial charge in [-0.25, -0.2) is 0 Å². The molecule has 2 aliphatic heterocycles. The topological polar surface area (TPSA) is 59.1 Å². The number of methoxy groups -OCH3 is 1. The first-order valence-corrected chi connectivity index (χ1v) is 8.38. The molecule has 2 aliphatic rings. The average Bonchev–Trinajstić information content (AvgIpc) is 3.09. The van der Waals surface area contributed by atoms with Gasteiger partial charge < -0.3 is 19.3 Å². The fourth-order valence-electron chi connectivity index (χ4n) is 3.24. The Labute approximate surface area is 142 Å². The standard InChI is InChI=1S/C18H24N2O4/c1-23-16-10-19(9-14-5-3-2-4-6-14)17(21)12-20(11-16)18(22)15-7-8-24-13-15/h2-6,15-16H,7-13H2,1H3. The van der Waals surface area contributed by atoms with Gasteiger partial charge in [-0.3, -0.25) is 9.59 Å². The van der Waals surface area contributed by atoms with Crippen molar-refractivity contribution in [1.29, 1.82) is 0 Å². The Balaban J connectivity index is 1.70. The van der Waals surface area contributed by atoms with Crippen LogP contribution >= 0.6 is 0 Å². The van der Waals surface area contributed by atoms with Crippen molar-refractivity contribution in [1.82, 2.24) is 9.80 Å². The first-order chi connectivity index (χ1) is 11.7. The van der Waals surface area contributed by atoms with Crippen LogP contribution in [0.25, 0.3) is 0 Å². The van der Waals surface area contributed by atoms with Crippen LogP contribution in [0, 0.1) is 5.92 Å². The molecule has 0 saturated carbocycles. The van der Waals surface area contributed by atoms with Crippen molar-refractivity contribution >= 4 is 11.8 Å². The van der Waals surface area contributed by atoms with E-state index in [0.29, 0.717) is 32.8 Å². The molecular formula is C18H24N2O4. The third-order valence-electron chi connectivity index (χ3n) is 4.67. The molecule has 0 N–H and O–H groups in total. The van der Waals surface area contributed by atoms with Crippen LogP contribution in [0.1, 0.15) is 12.0 Å². The van der Waals surface area contributed by atoms with Crippen molar-refractivity contribution in [2.24, 2.45) is 5.92 Å². The fourth-order valence-corrected chi connectivity index (χ4v) is 3.24. The molecule has 0 aromatic heterocycles. The maximum absolute atomic E-state index is 12.7. The zero-order chi connectivity index (χ0) is 16.9. The van der Waals surface area contributed by atoms with E-state index in [1.807, 2.05) is 30.3 Å². The summed E-state index contributed by atoms with van der Waals surface area (Å²) >= 11 is 0. The van der Waals surface area contributed by atoms with E-state index in [4.69, 9.17) is 9.47 Å². The van der Waals surface area contributed by atoms with Crippen LogP contribution in [-0.2, 0) is 25.6 Å². The van der Waals surface area contributed by atoms with E-state index >= 15 is 0 Å². The highest BCUT2D eigenvalue weighted by Gasteiger charge is 2.34. The number of hydrogen-bond donors (Lipinski definition) is 0. The van der Waals surface area contributed by atoms with E-state index in [1.54, 1.807) is 16.9 Å². The molecule has 1 aromatic carbocycles. The highest BCUT2D eigenvalue weighted by Crippen LogP contribution is 2.19. The molecule has 1 aromatic rings. The van der Waals surface area contributed by atoms with Gasteiger partial charge in [0.1, 0.15) is 0 Å². The second-order valence-corrected chi connectivity index (χ2v) is 6.40. The van der Waals surface area contributed by atoms with E-state index in [2.05, 4.69) is 0 Å². The van der Waals surface area contributed by atoms with Gasteiger partial charge in [-0.05, 0) is 12.0 Å². The van der Waals surface area contributed by atoms with Gasteiger partial charge in [-0.1, -0.05) is 30.3 Å². The molecule has 24 heavy (non-hydrogen) atoms. The minimum atomic E-state index is -0.175. The lowest BCUT2D eigenvalue weighted by molar-refractivity contribution is -0.141. The molecule has 2 saturated heterocycles. The van der Waals surface area contributed by atoms with Crippen molar-refractivity contribution in [3.63, 3.8) is 0 Å². The van der Waals surface area contributed by atoms with E-state index in [9.17, 15) is 9.59 Å². The monoisotopic (exact) mass is 332 g/mol. The lowest BCUT2D eigenvalue weighted by Gasteiger charge is -2.24. The number of hydrogen-bond acceptors (Lipinski definition) is 4. The number of carbonyl (C=O) groups is 2. The molecule has 2 atom stereocenters. The summed E-state index contributed by atoms with van der Waals surface area (Å²) in [5.74, 6) is -0.161. The van der Waals surface area contributed by atoms with Gasteiger partial charge in [0.25, 0.3) is 0 Å². The molecule has 3 rings (SSSR count). The molecule has 2 fully saturated rings. The van der Waals surface area contributed by atoms with Gasteiger partial charge >= 0.3 is 0 Å². The number of nitrogens with zero attached hydrogens (tertiary/aromatic N) is 2. The molecule has 0 aliphatic carbocycles. The van der Waals surface area contributed by atoms with Gasteiger partial charge in [0.15, 0.2) is 0 Å². The summed E-state index contributed by atoms with van der Waals surface area (Å²) in [5, 5.41) is 0. The van der Waals surface area contributed by atoms with Gasteiger partial charge in [0.05, 0.1) is 25.2 Å². The molecule has 0 bridgehead atoms. The Morgan fingerprint density at radius 1 is 1.29 bits per heavy atom. The number of carbonyl (C=O) groups excluding carboxylic acids is 2. The minimum absolute atomic E-state index is 0.00413. The number of amides is 2. The maximum Gasteiger partial charge on any atom is 0.242 e. The van der Waals surface area contributed by atoms with Crippen molar-refractivity contribution in [3.05, 3.63) is 35.9 Å². The molecule has 6 heteroatoms. The van der Waals surface area contributed by atoms with Crippen LogP contribution < -0.4 is 0 Å². The van der Waals surface area contributed by atoms with Crippen LogP contribution in [-0.4, -0.2) is 67.7 Å². The molecule has 2 unspecified atom stereocenters. The van der Waals surface area contributed by atoms with Crippen molar-refractivity contribution in [2.75, 3.05) is 40.0 Å². The molecular weight excluding hydrogens is 308 g/mol. The Morgan fingerprint density at radius 3 is 2.75 bits per heavy atom. The lowest BCUT2D eigenvalue weighted by atomic mass is 10.1. The van der Waals surface area contributed by atoms with E-state index < -0.39 is 0 Å². The SMILES string of the molecule is COC1CN(Cc2ccccc2)C(=O)CN(C(=O)C2CCOC2)C1. The van der Waals surface area contributed by atoms with Crippen molar-refractivity contribution in [2.45, 2.75) is 19.1 Å². The summed E-state index contributed by atoms with van der Waals surface area (Å²) in [5.41, 5.74) is 1.07. The van der Waals surface area contributed by atoms with Crippen LogP contribution in [0.3, 0.4) is 0 Å². The summed E-state index contributed by atoms with van der Waals surface area (Å²) in [6.07, 6.45) is 0.556. The van der Waals surface area contributed by atoms with E-state index in [0.717, 1.165) is 12.0 Å². The average molecular weight is 332 g/mol. The molecule has 2 heterocycles. The fraction of sp³-hybridized carbons (Fsp3) is 0.556. The Hall–Kier alpha value is -1.92. The molecule has 2 amide bonds. The Kier molecular flexibility index (Phi) is 5.48. The highest BCUT2D eigenvalue weighted by molar-refractivity contribution is 5.86. The first-order valence-electron chi connectivity index (χ1n) is 8.38. The lowest BCUT2D eigenvalue weighted by Crippen LogP contribution is -2.42. The third-order valence-corrected chi connectivity index (χ3v) is 4.67. The molecule has 6 nitrogen and oxygen atoms in total. The zero-order valence-electron chi connectivity index (χ0n) is 14.0. The smallest absolute Gasteiger partial charge is 0.242 e. The number of benzene rings is 1. The molecule has 0 radical (unpaired) electrons. The minimum Gasteiger partial charge on any atom is -0.381 e. The van der Waals surface area contributed by atoms with E-state index in [1.165, 1.54) is 0 Å². The zero-order valence-corrected chi connectivity index (χ0v) is 14.0. The van der Waals surface area contributed by atoms with Gasteiger partial charge in [-0.2, -0.15) is 0 Å². The van der Waals surface area contributed by atoms with Gasteiger partial charge in [-0.15, -0.1) is 0 Å². The van der Waals surface area contributed by atoms with Crippen molar-refractivity contribution in [3.8, 4) is 0 Å². The van der Waals surface area contributed by atoms with Gasteiger partial charge in [0.2, 0.25) is 11.8 Å².